The molecule has 2 aromatic rings. The Morgan fingerprint density at radius 1 is 0.800 bits per heavy atom. The van der Waals surface area contributed by atoms with E-state index in [9.17, 15) is 0 Å². The van der Waals surface area contributed by atoms with Crippen LogP contribution in [0.15, 0.2) is 60.7 Å². The van der Waals surface area contributed by atoms with Crippen molar-refractivity contribution >= 4 is 13.3 Å². The second kappa shape index (κ2) is 6.77. The summed E-state index contributed by atoms with van der Waals surface area (Å²) in [5.41, 5.74) is 1.60. The zero-order valence-corrected chi connectivity index (χ0v) is 15.7. The van der Waals surface area contributed by atoms with E-state index in [-0.39, 0.29) is 5.66 Å². The number of hydrogen-bond acceptors (Lipinski definition) is 5. The molecular formula is C19H23O5P. The zero-order valence-electron chi connectivity index (χ0n) is 14.8. The molecule has 1 aliphatic heterocycles. The molecule has 6 heteroatoms. The molecule has 0 saturated heterocycles. The van der Waals surface area contributed by atoms with Crippen molar-refractivity contribution in [3.05, 3.63) is 71.8 Å². The van der Waals surface area contributed by atoms with Crippen molar-refractivity contribution in [3.63, 3.8) is 0 Å². The summed E-state index contributed by atoms with van der Waals surface area (Å²) in [6.45, 7) is 0. The summed E-state index contributed by atoms with van der Waals surface area (Å²) in [6.07, 6.45) is 2.01. The first-order valence-electron chi connectivity index (χ1n) is 7.92. The molecule has 5 nitrogen and oxygen atoms in total. The Morgan fingerprint density at radius 3 is 1.92 bits per heavy atom. The maximum atomic E-state index is 6.29. The predicted molar refractivity (Wildman–Crippen MR) is 99.2 cm³/mol. The fourth-order valence-electron chi connectivity index (χ4n) is 3.10. The average molecular weight is 362 g/mol. The van der Waals surface area contributed by atoms with E-state index in [0.29, 0.717) is 5.76 Å². The summed E-state index contributed by atoms with van der Waals surface area (Å²) in [7, 11) is 2.44. The van der Waals surface area contributed by atoms with E-state index >= 15 is 0 Å². The Morgan fingerprint density at radius 2 is 1.40 bits per heavy atom. The molecule has 134 valence electrons. The van der Waals surface area contributed by atoms with E-state index in [1.165, 1.54) is 0 Å². The van der Waals surface area contributed by atoms with Crippen LogP contribution >= 0.6 is 7.51 Å². The van der Waals surface area contributed by atoms with E-state index < -0.39 is 7.51 Å². The number of ether oxygens (including phenoxy) is 1. The topological polar surface area (TPSA) is 46.2 Å². The van der Waals surface area contributed by atoms with Gasteiger partial charge in [-0.1, -0.05) is 0 Å². The number of rotatable bonds is 6. The third kappa shape index (κ3) is 2.83. The molecule has 0 bridgehead atoms. The quantitative estimate of drug-likeness (QED) is 0.680. The number of hydrogen-bond donors (Lipinski definition) is 0. The maximum absolute atomic E-state index is 6.29. The summed E-state index contributed by atoms with van der Waals surface area (Å²) in [6, 6.07) is 17.6. The van der Waals surface area contributed by atoms with Crippen LogP contribution in [0.4, 0.5) is 0 Å². The van der Waals surface area contributed by atoms with Crippen molar-refractivity contribution in [3.8, 4) is 5.75 Å². The fourth-order valence-corrected chi connectivity index (χ4v) is 6.12. The van der Waals surface area contributed by atoms with Gasteiger partial charge in [0.15, 0.2) is 0 Å². The van der Waals surface area contributed by atoms with Gasteiger partial charge in [-0.05, 0) is 0 Å². The summed E-state index contributed by atoms with van der Waals surface area (Å²) in [5.74, 6) is 1.46. The molecule has 2 aromatic carbocycles. The Hall–Kier alpha value is -1.91. The Balaban J connectivity index is 2.12. The van der Waals surface area contributed by atoms with Crippen molar-refractivity contribution in [2.24, 2.45) is 0 Å². The average Bonchev–Trinajstić information content (AvgIpc) is 3.06. The van der Waals surface area contributed by atoms with Gasteiger partial charge in [-0.25, -0.2) is 0 Å². The molecule has 0 N–H and O–H groups in total. The van der Waals surface area contributed by atoms with Gasteiger partial charge >= 0.3 is 148 Å². The van der Waals surface area contributed by atoms with Gasteiger partial charge in [0.25, 0.3) is 0 Å². The van der Waals surface area contributed by atoms with E-state index in [1.807, 2.05) is 60.7 Å². The molecule has 1 atom stereocenters. The SMILES string of the molecule is COc1ccc(C2C=C(c3ccccc3)OP2(OC)(OC)OC)cc1. The Kier molecular flexibility index (Phi) is 4.85. The van der Waals surface area contributed by atoms with Crippen molar-refractivity contribution in [2.75, 3.05) is 28.4 Å². The summed E-state index contributed by atoms with van der Waals surface area (Å²) < 4.78 is 29.1. The third-order valence-corrected chi connectivity index (χ3v) is 8.38. The van der Waals surface area contributed by atoms with Gasteiger partial charge in [0.1, 0.15) is 0 Å². The van der Waals surface area contributed by atoms with Crippen molar-refractivity contribution < 1.29 is 22.8 Å². The van der Waals surface area contributed by atoms with Crippen LogP contribution in [-0.2, 0) is 18.1 Å². The third-order valence-electron chi connectivity index (χ3n) is 4.53. The molecular weight excluding hydrogens is 339 g/mol. The van der Waals surface area contributed by atoms with Crippen molar-refractivity contribution in [1.29, 1.82) is 0 Å². The molecule has 0 spiro atoms. The normalized spacial score (nSPS) is 22.3. The van der Waals surface area contributed by atoms with Gasteiger partial charge in [0, 0.05) is 0 Å². The molecule has 0 amide bonds. The second-order valence-corrected chi connectivity index (χ2v) is 9.19. The van der Waals surface area contributed by atoms with Crippen molar-refractivity contribution in [2.45, 2.75) is 5.66 Å². The van der Waals surface area contributed by atoms with Gasteiger partial charge in [0.2, 0.25) is 0 Å². The van der Waals surface area contributed by atoms with Crippen LogP contribution in [0.3, 0.4) is 0 Å². The zero-order chi connectivity index (χ0) is 17.9. The molecule has 1 aliphatic rings. The molecule has 0 saturated carbocycles. The summed E-state index contributed by atoms with van der Waals surface area (Å²) >= 11 is 0. The van der Waals surface area contributed by atoms with Gasteiger partial charge in [0.05, 0.1) is 0 Å². The second-order valence-electron chi connectivity index (χ2n) is 5.62. The Labute approximate surface area is 148 Å². The number of allylic oxidation sites excluding steroid dienone is 1. The number of methoxy groups -OCH3 is 1. The fraction of sp³-hybridized carbons (Fsp3) is 0.263. The minimum absolute atomic E-state index is 0.313. The van der Waals surface area contributed by atoms with E-state index in [1.54, 1.807) is 28.4 Å². The summed E-state index contributed by atoms with van der Waals surface area (Å²) in [5, 5.41) is 0. The molecule has 0 aliphatic carbocycles. The molecule has 1 unspecified atom stereocenters. The standard InChI is InChI=1S/C19H23O5P/c1-20-17-12-10-16(11-13-17)19-14-18(15-8-6-5-7-9-15)24-25(19,21-2,22-3)23-4/h5-14,19H,1-4H3. The number of benzene rings is 2. The first kappa shape index (κ1) is 17.9. The van der Waals surface area contributed by atoms with Gasteiger partial charge in [-0.15, -0.1) is 0 Å². The molecule has 3 rings (SSSR count). The van der Waals surface area contributed by atoms with Crippen LogP contribution < -0.4 is 4.74 Å². The predicted octanol–water partition coefficient (Wildman–Crippen LogP) is 4.96. The summed E-state index contributed by atoms with van der Waals surface area (Å²) in [4.78, 5) is 0. The molecule has 0 aromatic heterocycles. The van der Waals surface area contributed by atoms with Gasteiger partial charge < -0.3 is 0 Å². The van der Waals surface area contributed by atoms with Gasteiger partial charge in [-0.2, -0.15) is 0 Å². The van der Waals surface area contributed by atoms with Crippen LogP contribution in [0.2, 0.25) is 0 Å². The van der Waals surface area contributed by atoms with Gasteiger partial charge in [-0.3, -0.25) is 0 Å². The van der Waals surface area contributed by atoms with E-state index in [0.717, 1.165) is 16.9 Å². The monoisotopic (exact) mass is 362 g/mol. The van der Waals surface area contributed by atoms with E-state index in [4.69, 9.17) is 22.8 Å². The van der Waals surface area contributed by atoms with Crippen LogP contribution in [0.1, 0.15) is 16.8 Å². The first-order valence-corrected chi connectivity index (χ1v) is 9.90. The van der Waals surface area contributed by atoms with Crippen LogP contribution in [0.25, 0.3) is 5.76 Å². The van der Waals surface area contributed by atoms with Crippen LogP contribution in [0.5, 0.6) is 5.75 Å². The van der Waals surface area contributed by atoms with Crippen molar-refractivity contribution in [1.82, 2.24) is 0 Å². The van der Waals surface area contributed by atoms with E-state index in [2.05, 4.69) is 0 Å². The molecule has 25 heavy (non-hydrogen) atoms. The van der Waals surface area contributed by atoms with Crippen LogP contribution in [0, 0.1) is 0 Å². The molecule has 0 radical (unpaired) electrons. The Bertz CT molecular complexity index is 742. The molecule has 1 heterocycles. The van der Waals surface area contributed by atoms with Crippen LogP contribution in [-0.4, -0.2) is 28.4 Å². The minimum atomic E-state index is -3.87. The molecule has 0 fully saturated rings. The first-order chi connectivity index (χ1) is 12.1.